The number of piperidine rings is 1. The Balaban J connectivity index is 2.02. The number of likely N-dealkylation sites (N-methyl/N-ethyl adjacent to an activating group) is 1. The first kappa shape index (κ1) is 14.1. The maximum Gasteiger partial charge on any atom is 0.270 e. The summed E-state index contributed by atoms with van der Waals surface area (Å²) in [5, 5.41) is 3.51. The predicted octanol–water partition coefficient (Wildman–Crippen LogP) is 2.11. The van der Waals surface area contributed by atoms with Crippen LogP contribution in [0.3, 0.4) is 0 Å². The Kier molecular flexibility index (Phi) is 5.02. The molecule has 1 aliphatic heterocycles. The van der Waals surface area contributed by atoms with Crippen LogP contribution in [0.4, 0.5) is 0 Å². The van der Waals surface area contributed by atoms with Gasteiger partial charge in [0.2, 0.25) is 0 Å². The van der Waals surface area contributed by atoms with E-state index in [0.717, 1.165) is 31.9 Å². The molecule has 4 heteroatoms. The fourth-order valence-electron chi connectivity index (χ4n) is 2.75. The van der Waals surface area contributed by atoms with Gasteiger partial charge in [0.25, 0.3) is 5.91 Å². The Hall–Kier alpha value is -1.29. The lowest BCUT2D eigenvalue weighted by Gasteiger charge is -2.30. The standard InChI is InChI=1S/C15H25N3O/c1-3-17-11-7-9-14(17)15(19)18(4-2)12-13-8-5-6-10-16-13/h7,9,11,13,16H,3-6,8,10,12H2,1-2H3. The first-order chi connectivity index (χ1) is 9.26. The number of carbonyl (C=O) groups excluding carboxylic acids is 1. The Morgan fingerprint density at radius 1 is 1.47 bits per heavy atom. The monoisotopic (exact) mass is 263 g/mol. The van der Waals surface area contributed by atoms with Gasteiger partial charge in [-0.3, -0.25) is 4.79 Å². The molecule has 1 aromatic heterocycles. The Morgan fingerprint density at radius 2 is 2.32 bits per heavy atom. The van der Waals surface area contributed by atoms with Crippen LogP contribution >= 0.6 is 0 Å². The van der Waals surface area contributed by atoms with Gasteiger partial charge >= 0.3 is 0 Å². The van der Waals surface area contributed by atoms with Crippen LogP contribution in [0.15, 0.2) is 18.3 Å². The molecule has 1 amide bonds. The molecular weight excluding hydrogens is 238 g/mol. The quantitative estimate of drug-likeness (QED) is 0.883. The van der Waals surface area contributed by atoms with Crippen LogP contribution in [0.5, 0.6) is 0 Å². The van der Waals surface area contributed by atoms with Crippen LogP contribution in [-0.4, -0.2) is 41.1 Å². The number of amides is 1. The number of aromatic nitrogens is 1. The zero-order valence-corrected chi connectivity index (χ0v) is 12.1. The highest BCUT2D eigenvalue weighted by Crippen LogP contribution is 2.12. The molecule has 1 aromatic rings. The molecule has 0 spiro atoms. The highest BCUT2D eigenvalue weighted by molar-refractivity contribution is 5.92. The second kappa shape index (κ2) is 6.75. The maximum atomic E-state index is 12.6. The van der Waals surface area contributed by atoms with Crippen molar-refractivity contribution in [1.29, 1.82) is 0 Å². The highest BCUT2D eigenvalue weighted by Gasteiger charge is 2.21. The number of nitrogens with one attached hydrogen (secondary N) is 1. The van der Waals surface area contributed by atoms with E-state index in [2.05, 4.69) is 19.2 Å². The summed E-state index contributed by atoms with van der Waals surface area (Å²) in [4.78, 5) is 14.5. The summed E-state index contributed by atoms with van der Waals surface area (Å²) in [7, 11) is 0. The van der Waals surface area contributed by atoms with E-state index < -0.39 is 0 Å². The zero-order valence-electron chi connectivity index (χ0n) is 12.1. The van der Waals surface area contributed by atoms with Gasteiger partial charge in [0.1, 0.15) is 5.69 Å². The Labute approximate surface area is 115 Å². The van der Waals surface area contributed by atoms with Gasteiger partial charge in [-0.05, 0) is 45.4 Å². The van der Waals surface area contributed by atoms with Gasteiger partial charge in [0.05, 0.1) is 0 Å². The lowest BCUT2D eigenvalue weighted by molar-refractivity contribution is 0.0731. The van der Waals surface area contributed by atoms with Gasteiger partial charge in [-0.2, -0.15) is 0 Å². The molecule has 0 radical (unpaired) electrons. The van der Waals surface area contributed by atoms with Crippen molar-refractivity contribution in [2.75, 3.05) is 19.6 Å². The number of rotatable bonds is 5. The fraction of sp³-hybridized carbons (Fsp3) is 0.667. The van der Waals surface area contributed by atoms with Crippen molar-refractivity contribution in [1.82, 2.24) is 14.8 Å². The van der Waals surface area contributed by atoms with Crippen LogP contribution < -0.4 is 5.32 Å². The second-order valence-electron chi connectivity index (χ2n) is 5.17. The van der Waals surface area contributed by atoms with Crippen molar-refractivity contribution < 1.29 is 4.79 Å². The number of carbonyl (C=O) groups is 1. The van der Waals surface area contributed by atoms with Crippen molar-refractivity contribution in [3.8, 4) is 0 Å². The third kappa shape index (κ3) is 3.38. The van der Waals surface area contributed by atoms with Crippen LogP contribution in [-0.2, 0) is 6.54 Å². The summed E-state index contributed by atoms with van der Waals surface area (Å²) < 4.78 is 2.01. The third-order valence-electron chi connectivity index (χ3n) is 3.91. The summed E-state index contributed by atoms with van der Waals surface area (Å²) in [5.74, 6) is 0.154. The molecule has 0 saturated carbocycles. The van der Waals surface area contributed by atoms with Crippen LogP contribution in [0, 0.1) is 0 Å². The van der Waals surface area contributed by atoms with Crippen molar-refractivity contribution in [3.05, 3.63) is 24.0 Å². The number of hydrogen-bond acceptors (Lipinski definition) is 2. The third-order valence-corrected chi connectivity index (χ3v) is 3.91. The van der Waals surface area contributed by atoms with E-state index in [9.17, 15) is 4.79 Å². The molecule has 1 unspecified atom stereocenters. The van der Waals surface area contributed by atoms with E-state index in [1.165, 1.54) is 19.3 Å². The highest BCUT2D eigenvalue weighted by atomic mass is 16.2. The summed E-state index contributed by atoms with van der Waals surface area (Å²) in [6.07, 6.45) is 5.68. The first-order valence-corrected chi connectivity index (χ1v) is 7.44. The predicted molar refractivity (Wildman–Crippen MR) is 77.3 cm³/mol. The lowest BCUT2D eigenvalue weighted by Crippen LogP contribution is -2.46. The molecule has 19 heavy (non-hydrogen) atoms. The molecule has 1 fully saturated rings. The normalized spacial score (nSPS) is 19.4. The van der Waals surface area contributed by atoms with Gasteiger partial charge in [-0.15, -0.1) is 0 Å². The van der Waals surface area contributed by atoms with E-state index in [1.54, 1.807) is 0 Å². The summed E-state index contributed by atoms with van der Waals surface area (Å²) in [6, 6.07) is 4.33. The molecule has 1 N–H and O–H groups in total. The maximum absolute atomic E-state index is 12.6. The Morgan fingerprint density at radius 3 is 2.95 bits per heavy atom. The van der Waals surface area contributed by atoms with Crippen LogP contribution in [0.2, 0.25) is 0 Å². The number of aryl methyl sites for hydroxylation is 1. The molecule has 0 aliphatic carbocycles. The average molecular weight is 263 g/mol. The SMILES string of the molecule is CCN(CC1CCCCN1)C(=O)c1cccn1CC. The number of nitrogens with zero attached hydrogens (tertiary/aromatic N) is 2. The van der Waals surface area contributed by atoms with Crippen LogP contribution in [0.25, 0.3) is 0 Å². The molecule has 4 nitrogen and oxygen atoms in total. The van der Waals surface area contributed by atoms with E-state index in [1.807, 2.05) is 27.8 Å². The van der Waals surface area contributed by atoms with Gasteiger partial charge in [0, 0.05) is 31.9 Å². The second-order valence-corrected chi connectivity index (χ2v) is 5.17. The molecular formula is C15H25N3O. The molecule has 1 aliphatic rings. The van der Waals surface area contributed by atoms with Crippen molar-refractivity contribution in [3.63, 3.8) is 0 Å². The van der Waals surface area contributed by atoms with Crippen molar-refractivity contribution >= 4 is 5.91 Å². The number of hydrogen-bond donors (Lipinski definition) is 1. The molecule has 1 saturated heterocycles. The summed E-state index contributed by atoms with van der Waals surface area (Å²) >= 11 is 0. The lowest BCUT2D eigenvalue weighted by atomic mass is 10.0. The van der Waals surface area contributed by atoms with E-state index in [4.69, 9.17) is 0 Å². The van der Waals surface area contributed by atoms with E-state index in [0.29, 0.717) is 6.04 Å². The zero-order chi connectivity index (χ0) is 13.7. The average Bonchev–Trinajstić information content (AvgIpc) is 2.93. The van der Waals surface area contributed by atoms with Gasteiger partial charge in [-0.25, -0.2) is 0 Å². The minimum absolute atomic E-state index is 0.154. The minimum Gasteiger partial charge on any atom is -0.344 e. The first-order valence-electron chi connectivity index (χ1n) is 7.44. The largest absolute Gasteiger partial charge is 0.344 e. The molecule has 0 aromatic carbocycles. The summed E-state index contributed by atoms with van der Waals surface area (Å²) in [5.41, 5.74) is 0.806. The topological polar surface area (TPSA) is 37.3 Å². The van der Waals surface area contributed by atoms with Gasteiger partial charge < -0.3 is 14.8 Å². The summed E-state index contributed by atoms with van der Waals surface area (Å²) in [6.45, 7) is 7.64. The molecule has 0 bridgehead atoms. The van der Waals surface area contributed by atoms with E-state index in [-0.39, 0.29) is 5.91 Å². The molecule has 106 valence electrons. The smallest absolute Gasteiger partial charge is 0.270 e. The van der Waals surface area contributed by atoms with E-state index >= 15 is 0 Å². The van der Waals surface area contributed by atoms with Crippen molar-refractivity contribution in [2.24, 2.45) is 0 Å². The molecule has 2 rings (SSSR count). The molecule has 1 atom stereocenters. The van der Waals surface area contributed by atoms with Crippen molar-refractivity contribution in [2.45, 2.75) is 45.7 Å². The molecule has 2 heterocycles. The minimum atomic E-state index is 0.154. The fourth-order valence-corrected chi connectivity index (χ4v) is 2.75. The Bertz CT molecular complexity index is 407. The van der Waals surface area contributed by atoms with Gasteiger partial charge in [0.15, 0.2) is 0 Å². The van der Waals surface area contributed by atoms with Crippen LogP contribution in [0.1, 0.15) is 43.6 Å². The van der Waals surface area contributed by atoms with Gasteiger partial charge in [-0.1, -0.05) is 6.42 Å².